The van der Waals surface area contributed by atoms with Crippen molar-refractivity contribution in [2.24, 2.45) is 0 Å². The van der Waals surface area contributed by atoms with Gasteiger partial charge in [-0.05, 0) is 72.0 Å². The number of aromatic amines is 1. The first-order valence-electron chi connectivity index (χ1n) is 12.5. The molecule has 2 aromatic heterocycles. The lowest BCUT2D eigenvalue weighted by molar-refractivity contribution is -0.137. The maximum absolute atomic E-state index is 13.8. The maximum atomic E-state index is 13.8. The first kappa shape index (κ1) is 25.5. The Balaban J connectivity index is 1.24. The number of imidazole rings is 1. The molecule has 1 atom stereocenters. The molecule has 0 spiro atoms. The summed E-state index contributed by atoms with van der Waals surface area (Å²) in [5, 5.41) is 16.4. The van der Waals surface area contributed by atoms with Gasteiger partial charge in [0.15, 0.2) is 0 Å². The van der Waals surface area contributed by atoms with Crippen LogP contribution in [0.25, 0.3) is 21.5 Å². The highest BCUT2D eigenvalue weighted by Crippen LogP contribution is 2.30. The van der Waals surface area contributed by atoms with Gasteiger partial charge in [-0.1, -0.05) is 43.3 Å². The van der Waals surface area contributed by atoms with Crippen LogP contribution >= 0.6 is 11.3 Å². The fourth-order valence-corrected chi connectivity index (χ4v) is 5.50. The van der Waals surface area contributed by atoms with Crippen LogP contribution in [-0.2, 0) is 24.2 Å². The zero-order chi connectivity index (χ0) is 26.6. The van der Waals surface area contributed by atoms with Gasteiger partial charge in [-0.25, -0.2) is 14.2 Å². The van der Waals surface area contributed by atoms with Crippen molar-refractivity contribution in [2.75, 3.05) is 10.6 Å². The number of nitrogens with zero attached hydrogens (tertiary/aromatic N) is 1. The summed E-state index contributed by atoms with van der Waals surface area (Å²) in [4.78, 5) is 22.2. The third kappa shape index (κ3) is 5.70. The third-order valence-corrected chi connectivity index (χ3v) is 7.67. The molecule has 0 aliphatic heterocycles. The molecule has 0 saturated heterocycles. The number of halogens is 1. The van der Waals surface area contributed by atoms with Gasteiger partial charge in [0.25, 0.3) is 0 Å². The number of carboxylic acids is 1. The van der Waals surface area contributed by atoms with Gasteiger partial charge >= 0.3 is 5.97 Å². The molecule has 38 heavy (non-hydrogen) atoms. The van der Waals surface area contributed by atoms with E-state index in [9.17, 15) is 14.3 Å². The van der Waals surface area contributed by atoms with E-state index in [-0.39, 0.29) is 5.82 Å². The lowest BCUT2D eigenvalue weighted by atomic mass is 10.0. The molecule has 3 aromatic carbocycles. The Labute approximate surface area is 224 Å². The molecule has 4 N–H and O–H groups in total. The number of rotatable bonds is 10. The standard InChI is InChI=1S/C30H29FN4O2S/c1-3-20-16-22(31)14-18(2)28(20)33-26(29(36)37)15-19-8-10-21(11-9-19)27-13-12-23(38-27)17-32-30-34-24-6-4-5-7-25(24)35-30/h4-14,16,26,33H,3,15,17H2,1-2H3,(H,36,37)(H2,32,34,35). The topological polar surface area (TPSA) is 90.0 Å². The van der Waals surface area contributed by atoms with Crippen LogP contribution in [-0.4, -0.2) is 27.1 Å². The van der Waals surface area contributed by atoms with Gasteiger partial charge in [-0.2, -0.15) is 0 Å². The fraction of sp³-hybridized carbons (Fsp3) is 0.200. The van der Waals surface area contributed by atoms with Gasteiger partial charge in [0.2, 0.25) is 5.95 Å². The lowest BCUT2D eigenvalue weighted by Crippen LogP contribution is -2.32. The number of aromatic nitrogens is 2. The number of hydrogen-bond acceptors (Lipinski definition) is 5. The summed E-state index contributed by atoms with van der Waals surface area (Å²) in [7, 11) is 0. The number of aryl methyl sites for hydroxylation is 2. The van der Waals surface area contributed by atoms with Crippen molar-refractivity contribution >= 4 is 40.0 Å². The highest BCUT2D eigenvalue weighted by atomic mass is 32.1. The summed E-state index contributed by atoms with van der Waals surface area (Å²) in [6, 6.07) is 22.2. The number of nitrogens with one attached hydrogen (secondary N) is 3. The number of thiophene rings is 1. The van der Waals surface area contributed by atoms with Gasteiger partial charge in [-0.15, -0.1) is 11.3 Å². The average molecular weight is 529 g/mol. The van der Waals surface area contributed by atoms with Crippen molar-refractivity contribution in [1.29, 1.82) is 0 Å². The van der Waals surface area contributed by atoms with Gasteiger partial charge < -0.3 is 20.7 Å². The molecule has 0 aliphatic carbocycles. The Kier molecular flexibility index (Phi) is 7.42. The number of H-pyrrole nitrogens is 1. The predicted octanol–water partition coefficient (Wildman–Crippen LogP) is 7.02. The van der Waals surface area contributed by atoms with E-state index in [2.05, 4.69) is 32.7 Å². The molecule has 2 heterocycles. The average Bonchev–Trinajstić information content (AvgIpc) is 3.55. The number of anilines is 2. The van der Waals surface area contributed by atoms with E-state index in [0.29, 0.717) is 30.6 Å². The minimum Gasteiger partial charge on any atom is -0.480 e. The second kappa shape index (κ2) is 11.1. The van der Waals surface area contributed by atoms with E-state index in [1.807, 2.05) is 55.5 Å². The summed E-state index contributed by atoms with van der Waals surface area (Å²) in [6.07, 6.45) is 0.922. The van der Waals surface area contributed by atoms with Crippen molar-refractivity contribution in [3.63, 3.8) is 0 Å². The zero-order valence-electron chi connectivity index (χ0n) is 21.2. The number of carboxylic acid groups (broad SMARTS) is 1. The first-order valence-corrected chi connectivity index (χ1v) is 13.4. The van der Waals surface area contributed by atoms with Crippen LogP contribution in [0.5, 0.6) is 0 Å². The van der Waals surface area contributed by atoms with Crippen LogP contribution in [0.15, 0.2) is 72.8 Å². The second-order valence-electron chi connectivity index (χ2n) is 9.27. The minimum absolute atomic E-state index is 0.311. The summed E-state index contributed by atoms with van der Waals surface area (Å²) in [6.45, 7) is 4.38. The van der Waals surface area contributed by atoms with Crippen molar-refractivity contribution in [3.8, 4) is 10.4 Å². The van der Waals surface area contributed by atoms with Gasteiger partial charge in [-0.3, -0.25) is 0 Å². The molecule has 0 saturated carbocycles. The SMILES string of the molecule is CCc1cc(F)cc(C)c1NC(Cc1ccc(-c2ccc(CNc3nc4ccccc4[nH]3)s2)cc1)C(=O)O. The van der Waals surface area contributed by atoms with Crippen molar-refractivity contribution in [2.45, 2.75) is 39.3 Å². The van der Waals surface area contributed by atoms with E-state index in [1.165, 1.54) is 17.0 Å². The highest BCUT2D eigenvalue weighted by Gasteiger charge is 2.20. The Hall–Kier alpha value is -4.17. The molecule has 5 rings (SSSR count). The summed E-state index contributed by atoms with van der Waals surface area (Å²) in [5.41, 5.74) is 6.09. The molecular weight excluding hydrogens is 499 g/mol. The van der Waals surface area contributed by atoms with Crippen LogP contribution in [0.3, 0.4) is 0 Å². The largest absolute Gasteiger partial charge is 0.480 e. The molecule has 0 amide bonds. The van der Waals surface area contributed by atoms with Crippen LogP contribution in [0, 0.1) is 12.7 Å². The Morgan fingerprint density at radius 2 is 1.89 bits per heavy atom. The van der Waals surface area contributed by atoms with E-state index in [4.69, 9.17) is 0 Å². The number of benzene rings is 3. The summed E-state index contributed by atoms with van der Waals surface area (Å²) in [5.74, 6) is -0.511. The zero-order valence-corrected chi connectivity index (χ0v) is 22.0. The number of aliphatic carboxylic acids is 1. The van der Waals surface area contributed by atoms with Crippen molar-refractivity contribution in [1.82, 2.24) is 9.97 Å². The summed E-state index contributed by atoms with van der Waals surface area (Å²) >= 11 is 1.70. The van der Waals surface area contributed by atoms with Crippen molar-refractivity contribution < 1.29 is 14.3 Å². The molecule has 0 aliphatic rings. The molecule has 5 aromatic rings. The molecule has 8 heteroatoms. The van der Waals surface area contributed by atoms with E-state index in [0.717, 1.165) is 38.5 Å². The maximum Gasteiger partial charge on any atom is 0.326 e. The van der Waals surface area contributed by atoms with Gasteiger partial charge in [0.05, 0.1) is 17.6 Å². The van der Waals surface area contributed by atoms with Gasteiger partial charge in [0.1, 0.15) is 11.9 Å². The summed E-state index contributed by atoms with van der Waals surface area (Å²) < 4.78 is 13.8. The van der Waals surface area contributed by atoms with Crippen LogP contribution < -0.4 is 10.6 Å². The number of hydrogen-bond donors (Lipinski definition) is 4. The highest BCUT2D eigenvalue weighted by molar-refractivity contribution is 7.15. The molecular formula is C30H29FN4O2S. The second-order valence-corrected chi connectivity index (χ2v) is 10.4. The third-order valence-electron chi connectivity index (χ3n) is 6.54. The Morgan fingerprint density at radius 1 is 1.11 bits per heavy atom. The molecule has 194 valence electrons. The quantitative estimate of drug-likeness (QED) is 0.156. The Bertz CT molecular complexity index is 1540. The molecule has 1 unspecified atom stereocenters. The van der Waals surface area contributed by atoms with E-state index >= 15 is 0 Å². The van der Waals surface area contributed by atoms with E-state index < -0.39 is 12.0 Å². The Morgan fingerprint density at radius 3 is 2.63 bits per heavy atom. The van der Waals surface area contributed by atoms with Crippen LogP contribution in [0.4, 0.5) is 16.0 Å². The fourth-order valence-electron chi connectivity index (χ4n) is 4.55. The molecule has 6 nitrogen and oxygen atoms in total. The first-order chi connectivity index (χ1) is 18.4. The molecule has 0 radical (unpaired) electrons. The smallest absolute Gasteiger partial charge is 0.326 e. The number of fused-ring (bicyclic) bond motifs is 1. The van der Waals surface area contributed by atoms with Crippen LogP contribution in [0.1, 0.15) is 28.5 Å². The monoisotopic (exact) mass is 528 g/mol. The van der Waals surface area contributed by atoms with E-state index in [1.54, 1.807) is 18.3 Å². The molecule has 0 bridgehead atoms. The predicted molar refractivity (Wildman–Crippen MR) is 152 cm³/mol. The molecule has 0 fully saturated rings. The van der Waals surface area contributed by atoms with Gasteiger partial charge in [0, 0.05) is 21.9 Å². The number of carbonyl (C=O) groups is 1. The van der Waals surface area contributed by atoms with Crippen molar-refractivity contribution in [3.05, 3.63) is 100 Å². The lowest BCUT2D eigenvalue weighted by Gasteiger charge is -2.20. The normalized spacial score (nSPS) is 12.0. The van der Waals surface area contributed by atoms with Crippen LogP contribution in [0.2, 0.25) is 0 Å². The minimum atomic E-state index is -0.945. The number of para-hydroxylation sites is 2.